The summed E-state index contributed by atoms with van der Waals surface area (Å²) in [6, 6.07) is 14.9. The van der Waals surface area contributed by atoms with Gasteiger partial charge < -0.3 is 9.97 Å². The standard InChI is InChI=1S/C16H10BrFN2/c17-11-2-1-9-6-15(20-14(9)8-11)16-7-10-5-12(18)3-4-13(10)19-16/h1-8,19-20H. The van der Waals surface area contributed by atoms with Crippen LogP contribution in [0.25, 0.3) is 33.2 Å². The molecule has 4 rings (SSSR count). The van der Waals surface area contributed by atoms with Crippen LogP contribution in [-0.2, 0) is 0 Å². The van der Waals surface area contributed by atoms with Crippen molar-refractivity contribution < 1.29 is 4.39 Å². The van der Waals surface area contributed by atoms with Crippen LogP contribution >= 0.6 is 15.9 Å². The predicted molar refractivity (Wildman–Crippen MR) is 83.2 cm³/mol. The van der Waals surface area contributed by atoms with Gasteiger partial charge in [-0.25, -0.2) is 4.39 Å². The summed E-state index contributed by atoms with van der Waals surface area (Å²) in [5.74, 6) is -0.219. The molecule has 0 amide bonds. The third-order valence-corrected chi connectivity index (χ3v) is 3.95. The molecular formula is C16H10BrFN2. The van der Waals surface area contributed by atoms with Gasteiger partial charge in [-0.3, -0.25) is 0 Å². The van der Waals surface area contributed by atoms with Crippen molar-refractivity contribution in [3.8, 4) is 11.4 Å². The van der Waals surface area contributed by atoms with Gasteiger partial charge in [0.25, 0.3) is 0 Å². The monoisotopic (exact) mass is 328 g/mol. The largest absolute Gasteiger partial charge is 0.353 e. The molecule has 0 saturated carbocycles. The first-order valence-corrected chi connectivity index (χ1v) is 7.05. The van der Waals surface area contributed by atoms with E-state index >= 15 is 0 Å². The topological polar surface area (TPSA) is 31.6 Å². The van der Waals surface area contributed by atoms with Gasteiger partial charge in [0.1, 0.15) is 5.82 Å². The molecule has 20 heavy (non-hydrogen) atoms. The molecule has 0 saturated heterocycles. The molecule has 0 atom stereocenters. The molecule has 0 unspecified atom stereocenters. The lowest BCUT2D eigenvalue weighted by atomic mass is 10.2. The minimum absolute atomic E-state index is 0.219. The summed E-state index contributed by atoms with van der Waals surface area (Å²) in [7, 11) is 0. The summed E-state index contributed by atoms with van der Waals surface area (Å²) < 4.78 is 14.3. The Bertz CT molecular complexity index is 858. The van der Waals surface area contributed by atoms with Crippen LogP contribution in [0.3, 0.4) is 0 Å². The van der Waals surface area contributed by atoms with E-state index in [2.05, 4.69) is 38.0 Å². The highest BCUT2D eigenvalue weighted by molar-refractivity contribution is 9.10. The maximum absolute atomic E-state index is 13.2. The zero-order valence-electron chi connectivity index (χ0n) is 10.4. The molecule has 0 aliphatic heterocycles. The van der Waals surface area contributed by atoms with Crippen molar-refractivity contribution >= 4 is 37.7 Å². The Morgan fingerprint density at radius 1 is 0.750 bits per heavy atom. The van der Waals surface area contributed by atoms with Crippen LogP contribution in [0.4, 0.5) is 4.39 Å². The minimum Gasteiger partial charge on any atom is -0.353 e. The second-order valence-electron chi connectivity index (χ2n) is 4.83. The van der Waals surface area contributed by atoms with E-state index in [0.717, 1.165) is 37.7 Å². The van der Waals surface area contributed by atoms with E-state index in [9.17, 15) is 4.39 Å². The molecule has 0 spiro atoms. The summed E-state index contributed by atoms with van der Waals surface area (Å²) in [6.07, 6.45) is 0. The van der Waals surface area contributed by atoms with Crippen molar-refractivity contribution in [1.29, 1.82) is 0 Å². The number of H-pyrrole nitrogens is 2. The van der Waals surface area contributed by atoms with Crippen molar-refractivity contribution in [2.45, 2.75) is 0 Å². The van der Waals surface area contributed by atoms with E-state index in [0.29, 0.717) is 0 Å². The number of aromatic nitrogens is 2. The molecule has 0 bridgehead atoms. The zero-order valence-corrected chi connectivity index (χ0v) is 12.0. The smallest absolute Gasteiger partial charge is 0.123 e. The number of benzene rings is 2. The molecule has 2 nitrogen and oxygen atoms in total. The van der Waals surface area contributed by atoms with Crippen molar-refractivity contribution in [3.05, 3.63) is 58.8 Å². The number of fused-ring (bicyclic) bond motifs is 2. The van der Waals surface area contributed by atoms with Gasteiger partial charge in [-0.1, -0.05) is 22.0 Å². The van der Waals surface area contributed by atoms with Crippen molar-refractivity contribution in [2.75, 3.05) is 0 Å². The van der Waals surface area contributed by atoms with E-state index in [1.165, 1.54) is 12.1 Å². The zero-order chi connectivity index (χ0) is 13.7. The Labute approximate surface area is 122 Å². The first kappa shape index (κ1) is 11.7. The fourth-order valence-corrected chi connectivity index (χ4v) is 2.85. The molecule has 2 aromatic carbocycles. The van der Waals surface area contributed by atoms with Crippen LogP contribution in [0.15, 0.2) is 53.0 Å². The number of nitrogens with one attached hydrogen (secondary N) is 2. The van der Waals surface area contributed by atoms with Crippen LogP contribution in [-0.4, -0.2) is 9.97 Å². The first-order chi connectivity index (χ1) is 9.69. The maximum atomic E-state index is 13.2. The lowest BCUT2D eigenvalue weighted by Gasteiger charge is -1.91. The second kappa shape index (κ2) is 4.21. The molecule has 0 aliphatic carbocycles. The van der Waals surface area contributed by atoms with E-state index in [1.807, 2.05) is 18.2 Å². The van der Waals surface area contributed by atoms with Gasteiger partial charge in [-0.15, -0.1) is 0 Å². The molecule has 0 aliphatic rings. The lowest BCUT2D eigenvalue weighted by molar-refractivity contribution is 0.630. The number of hydrogen-bond donors (Lipinski definition) is 2. The Kier molecular flexibility index (Phi) is 2.47. The van der Waals surface area contributed by atoms with E-state index < -0.39 is 0 Å². The second-order valence-corrected chi connectivity index (χ2v) is 5.74. The highest BCUT2D eigenvalue weighted by atomic mass is 79.9. The molecule has 4 heteroatoms. The summed E-state index contributed by atoms with van der Waals surface area (Å²) in [6.45, 7) is 0. The Morgan fingerprint density at radius 3 is 2.35 bits per heavy atom. The van der Waals surface area contributed by atoms with Gasteiger partial charge in [0.15, 0.2) is 0 Å². The Balaban J connectivity index is 1.91. The normalized spacial score (nSPS) is 11.5. The average Bonchev–Trinajstić information content (AvgIpc) is 3.00. The summed E-state index contributed by atoms with van der Waals surface area (Å²) >= 11 is 3.46. The Hall–Kier alpha value is -2.07. The molecule has 0 radical (unpaired) electrons. The number of hydrogen-bond acceptors (Lipinski definition) is 0. The molecule has 98 valence electrons. The SMILES string of the molecule is Fc1ccc2[nH]c(-c3cc4ccc(Br)cc4[nH]3)cc2c1. The van der Waals surface area contributed by atoms with Gasteiger partial charge >= 0.3 is 0 Å². The maximum Gasteiger partial charge on any atom is 0.123 e. The molecule has 2 aromatic heterocycles. The highest BCUT2D eigenvalue weighted by Crippen LogP contribution is 2.28. The number of halogens is 2. The van der Waals surface area contributed by atoms with E-state index in [1.54, 1.807) is 6.07 Å². The number of rotatable bonds is 1. The van der Waals surface area contributed by atoms with E-state index in [-0.39, 0.29) is 5.82 Å². The van der Waals surface area contributed by atoms with Gasteiger partial charge in [0.05, 0.1) is 11.4 Å². The fraction of sp³-hybridized carbons (Fsp3) is 0. The third-order valence-electron chi connectivity index (χ3n) is 3.46. The van der Waals surface area contributed by atoms with Crippen LogP contribution in [0, 0.1) is 5.82 Å². The van der Waals surface area contributed by atoms with Gasteiger partial charge in [-0.05, 0) is 42.5 Å². The molecule has 2 N–H and O–H groups in total. The molecule has 2 heterocycles. The van der Waals surface area contributed by atoms with Gasteiger partial charge in [0.2, 0.25) is 0 Å². The highest BCUT2D eigenvalue weighted by Gasteiger charge is 2.07. The Morgan fingerprint density at radius 2 is 1.50 bits per heavy atom. The van der Waals surface area contributed by atoms with Gasteiger partial charge in [-0.2, -0.15) is 0 Å². The quantitative estimate of drug-likeness (QED) is 0.480. The molecule has 0 fully saturated rings. The predicted octanol–water partition coefficient (Wildman–Crippen LogP) is 5.22. The van der Waals surface area contributed by atoms with Crippen LogP contribution in [0.5, 0.6) is 0 Å². The fourth-order valence-electron chi connectivity index (χ4n) is 2.49. The van der Waals surface area contributed by atoms with Crippen molar-refractivity contribution in [1.82, 2.24) is 9.97 Å². The molecule has 4 aromatic rings. The number of aromatic amines is 2. The summed E-state index contributed by atoms with van der Waals surface area (Å²) in [5.41, 5.74) is 3.95. The van der Waals surface area contributed by atoms with Crippen LogP contribution in [0.1, 0.15) is 0 Å². The average molecular weight is 329 g/mol. The third kappa shape index (κ3) is 1.84. The van der Waals surface area contributed by atoms with Crippen molar-refractivity contribution in [3.63, 3.8) is 0 Å². The molecular weight excluding hydrogens is 319 g/mol. The van der Waals surface area contributed by atoms with Crippen LogP contribution < -0.4 is 0 Å². The summed E-state index contributed by atoms with van der Waals surface area (Å²) in [5, 5.41) is 2.02. The first-order valence-electron chi connectivity index (χ1n) is 6.26. The van der Waals surface area contributed by atoms with Crippen LogP contribution in [0.2, 0.25) is 0 Å². The van der Waals surface area contributed by atoms with Gasteiger partial charge in [0, 0.05) is 26.3 Å². The lowest BCUT2D eigenvalue weighted by Crippen LogP contribution is -1.75. The van der Waals surface area contributed by atoms with E-state index in [4.69, 9.17) is 0 Å². The van der Waals surface area contributed by atoms with Crippen molar-refractivity contribution in [2.24, 2.45) is 0 Å². The summed E-state index contributed by atoms with van der Waals surface area (Å²) in [4.78, 5) is 6.68. The minimum atomic E-state index is -0.219.